The SMILES string of the molecule is CC(C)(C)OC(=O)NCCCN(CCCCNC(=O)NCCC(=O)NCCCCCCN=C(NC(=O)OC(C)(C)C)NC(=O)OC(C)(C)C)C(=O)OC(C)(C)C. The monoisotopic (exact) mass is 801 g/mol. The summed E-state index contributed by atoms with van der Waals surface area (Å²) in [4.78, 5) is 79.3. The van der Waals surface area contributed by atoms with E-state index in [0.29, 0.717) is 65.0 Å². The minimum absolute atomic E-state index is 0.0654. The Balaban J connectivity index is 4.36. The molecule has 0 heterocycles. The van der Waals surface area contributed by atoms with Gasteiger partial charge in [0, 0.05) is 52.2 Å². The third-order valence-corrected chi connectivity index (χ3v) is 6.62. The van der Waals surface area contributed by atoms with Crippen molar-refractivity contribution in [3.63, 3.8) is 0 Å². The predicted octanol–water partition coefficient (Wildman–Crippen LogP) is 5.69. The maximum atomic E-state index is 12.7. The molecule has 0 saturated carbocycles. The van der Waals surface area contributed by atoms with Crippen molar-refractivity contribution in [2.75, 3.05) is 45.8 Å². The summed E-state index contributed by atoms with van der Waals surface area (Å²) in [7, 11) is 0. The zero-order chi connectivity index (χ0) is 43.0. The smallest absolute Gasteiger partial charge is 0.414 e. The zero-order valence-electron chi connectivity index (χ0n) is 36.1. The van der Waals surface area contributed by atoms with E-state index in [4.69, 9.17) is 18.9 Å². The van der Waals surface area contributed by atoms with Gasteiger partial charge in [-0.25, -0.2) is 24.0 Å². The molecular formula is C38H72N8O10. The summed E-state index contributed by atoms with van der Waals surface area (Å²) < 4.78 is 21.3. The number of carbonyl (C=O) groups is 6. The van der Waals surface area contributed by atoms with E-state index in [0.717, 1.165) is 19.3 Å². The molecule has 0 radical (unpaired) electrons. The number of nitrogens with one attached hydrogen (secondary N) is 6. The van der Waals surface area contributed by atoms with Crippen LogP contribution in [0.25, 0.3) is 0 Å². The van der Waals surface area contributed by atoms with Crippen molar-refractivity contribution < 1.29 is 47.7 Å². The highest BCUT2D eigenvalue weighted by molar-refractivity contribution is 6.01. The molecule has 0 saturated heterocycles. The van der Waals surface area contributed by atoms with Gasteiger partial charge in [-0.3, -0.25) is 20.4 Å². The molecule has 0 aliphatic rings. The fourth-order valence-electron chi connectivity index (χ4n) is 4.39. The molecule has 18 heteroatoms. The lowest BCUT2D eigenvalue weighted by molar-refractivity contribution is -0.120. The molecular weight excluding hydrogens is 728 g/mol. The third kappa shape index (κ3) is 32.9. The largest absolute Gasteiger partial charge is 0.444 e. The van der Waals surface area contributed by atoms with E-state index < -0.39 is 46.8 Å². The number of carbonyl (C=O) groups excluding carboxylic acids is 6. The molecule has 0 unspecified atom stereocenters. The van der Waals surface area contributed by atoms with E-state index in [2.05, 4.69) is 36.9 Å². The molecule has 7 amide bonds. The summed E-state index contributed by atoms with van der Waals surface area (Å²) in [5.41, 5.74) is -2.71. The highest BCUT2D eigenvalue weighted by Crippen LogP contribution is 2.12. The first kappa shape index (κ1) is 51.5. The van der Waals surface area contributed by atoms with Gasteiger partial charge in [-0.2, -0.15) is 0 Å². The topological polar surface area (TPSA) is 227 Å². The van der Waals surface area contributed by atoms with Crippen LogP contribution in [0.1, 0.15) is 134 Å². The van der Waals surface area contributed by atoms with Crippen molar-refractivity contribution in [3.8, 4) is 0 Å². The van der Waals surface area contributed by atoms with Gasteiger partial charge in [0.1, 0.15) is 22.4 Å². The Morgan fingerprint density at radius 3 is 1.48 bits per heavy atom. The lowest BCUT2D eigenvalue weighted by atomic mass is 10.2. The molecule has 18 nitrogen and oxygen atoms in total. The number of guanidine groups is 1. The fraction of sp³-hybridized carbons (Fsp3) is 0.816. The first-order chi connectivity index (χ1) is 25.7. The summed E-state index contributed by atoms with van der Waals surface area (Å²) in [5.74, 6) is -0.242. The molecule has 0 aromatic heterocycles. The molecule has 0 aliphatic heterocycles. The highest BCUT2D eigenvalue weighted by atomic mass is 16.6. The lowest BCUT2D eigenvalue weighted by Crippen LogP contribution is -2.47. The number of nitrogens with zero attached hydrogens (tertiary/aromatic N) is 2. The molecule has 0 aromatic rings. The molecule has 0 aliphatic carbocycles. The molecule has 0 bridgehead atoms. The van der Waals surface area contributed by atoms with Gasteiger partial charge in [-0.05, 0) is 115 Å². The summed E-state index contributed by atoms with van der Waals surface area (Å²) >= 11 is 0. The van der Waals surface area contributed by atoms with E-state index in [1.54, 1.807) is 88.0 Å². The maximum Gasteiger partial charge on any atom is 0.414 e. The highest BCUT2D eigenvalue weighted by Gasteiger charge is 2.23. The van der Waals surface area contributed by atoms with Gasteiger partial charge in [0.15, 0.2) is 0 Å². The average Bonchev–Trinajstić information content (AvgIpc) is 2.99. The normalized spacial score (nSPS) is 11.6. The van der Waals surface area contributed by atoms with Crippen LogP contribution >= 0.6 is 0 Å². The number of urea groups is 1. The van der Waals surface area contributed by atoms with Crippen molar-refractivity contribution in [3.05, 3.63) is 0 Å². The summed E-state index contributed by atoms with van der Waals surface area (Å²) in [6.45, 7) is 23.6. The van der Waals surface area contributed by atoms with Gasteiger partial charge in [0.25, 0.3) is 0 Å². The molecule has 0 aromatic carbocycles. The summed E-state index contributed by atoms with van der Waals surface area (Å²) in [5, 5.41) is 15.9. The number of hydrogen-bond donors (Lipinski definition) is 6. The summed E-state index contributed by atoms with van der Waals surface area (Å²) in [6.07, 6.45) is 2.47. The van der Waals surface area contributed by atoms with Crippen molar-refractivity contribution in [2.24, 2.45) is 4.99 Å². The minimum atomic E-state index is -0.754. The van der Waals surface area contributed by atoms with Crippen LogP contribution in [0.2, 0.25) is 0 Å². The Morgan fingerprint density at radius 2 is 0.929 bits per heavy atom. The van der Waals surface area contributed by atoms with Gasteiger partial charge in [0.05, 0.1) is 0 Å². The van der Waals surface area contributed by atoms with Crippen LogP contribution in [0.15, 0.2) is 4.99 Å². The Hall–Kier alpha value is -4.51. The second kappa shape index (κ2) is 25.6. The maximum absolute atomic E-state index is 12.7. The number of ether oxygens (including phenoxy) is 4. The van der Waals surface area contributed by atoms with E-state index in [9.17, 15) is 28.8 Å². The van der Waals surface area contributed by atoms with Crippen molar-refractivity contribution >= 4 is 42.3 Å². The molecule has 0 atom stereocenters. The Bertz CT molecular complexity index is 1230. The van der Waals surface area contributed by atoms with Crippen LogP contribution in [0.4, 0.5) is 24.0 Å². The number of hydrogen-bond acceptors (Lipinski definition) is 11. The van der Waals surface area contributed by atoms with Gasteiger partial charge in [0.2, 0.25) is 11.9 Å². The molecule has 324 valence electrons. The van der Waals surface area contributed by atoms with E-state index in [1.165, 1.54) is 0 Å². The Morgan fingerprint density at radius 1 is 0.482 bits per heavy atom. The lowest BCUT2D eigenvalue weighted by Gasteiger charge is -2.27. The second-order valence-electron chi connectivity index (χ2n) is 17.1. The summed E-state index contributed by atoms with van der Waals surface area (Å²) in [6, 6.07) is -0.386. The molecule has 0 rings (SSSR count). The standard InChI is InChI=1S/C38H72N8O10/c1-35(2,3)53-31(49)43-24-19-27-46(34(52)56-38(10,11)12)26-18-17-23-41-30(48)42-25-20-28(47)39-21-15-13-14-16-22-40-29(44-32(50)54-36(4,5)6)45-33(51)55-37(7,8)9/h13-27H2,1-12H3,(H,39,47)(H,43,49)(H2,41,42,48)(H2,40,44,45,50,51). The number of alkyl carbamates (subject to hydrolysis) is 3. The number of amides is 7. The number of unbranched alkanes of at least 4 members (excludes halogenated alkanes) is 4. The van der Waals surface area contributed by atoms with Crippen LogP contribution in [0.3, 0.4) is 0 Å². The average molecular weight is 801 g/mol. The first-order valence-corrected chi connectivity index (χ1v) is 19.5. The van der Waals surface area contributed by atoms with E-state index in [1.807, 2.05) is 0 Å². The van der Waals surface area contributed by atoms with Gasteiger partial charge >= 0.3 is 30.4 Å². The minimum Gasteiger partial charge on any atom is -0.444 e. The molecule has 0 fully saturated rings. The van der Waals surface area contributed by atoms with E-state index in [-0.39, 0.29) is 30.9 Å². The van der Waals surface area contributed by atoms with Gasteiger partial charge in [-0.1, -0.05) is 12.8 Å². The van der Waals surface area contributed by atoms with Crippen molar-refractivity contribution in [1.29, 1.82) is 0 Å². The molecule has 0 spiro atoms. The van der Waals surface area contributed by atoms with Crippen LogP contribution in [0.5, 0.6) is 0 Å². The predicted molar refractivity (Wildman–Crippen MR) is 214 cm³/mol. The van der Waals surface area contributed by atoms with Crippen LogP contribution in [-0.2, 0) is 23.7 Å². The molecule has 6 N–H and O–H groups in total. The van der Waals surface area contributed by atoms with Gasteiger partial charge in [-0.15, -0.1) is 0 Å². The van der Waals surface area contributed by atoms with Crippen LogP contribution in [-0.4, -0.2) is 115 Å². The first-order valence-electron chi connectivity index (χ1n) is 19.5. The van der Waals surface area contributed by atoms with Gasteiger partial charge < -0.3 is 45.1 Å². The quantitative estimate of drug-likeness (QED) is 0.0405. The number of aliphatic imine (C=N–C) groups is 1. The van der Waals surface area contributed by atoms with E-state index >= 15 is 0 Å². The van der Waals surface area contributed by atoms with Crippen molar-refractivity contribution in [2.45, 2.75) is 157 Å². The van der Waals surface area contributed by atoms with Crippen LogP contribution in [0, 0.1) is 0 Å². The molecule has 56 heavy (non-hydrogen) atoms. The second-order valence-corrected chi connectivity index (χ2v) is 17.1. The zero-order valence-corrected chi connectivity index (χ0v) is 36.1. The number of rotatable bonds is 19. The Kier molecular flexibility index (Phi) is 23.5. The Labute approximate surface area is 334 Å². The fourth-order valence-corrected chi connectivity index (χ4v) is 4.39. The van der Waals surface area contributed by atoms with Crippen LogP contribution < -0.4 is 31.9 Å². The van der Waals surface area contributed by atoms with Crippen molar-refractivity contribution in [1.82, 2.24) is 36.8 Å². The third-order valence-electron chi connectivity index (χ3n) is 6.62.